The third-order valence-corrected chi connectivity index (χ3v) is 7.34. The van der Waals surface area contributed by atoms with Gasteiger partial charge >= 0.3 is 18.2 Å². The van der Waals surface area contributed by atoms with Crippen LogP contribution in [0.3, 0.4) is 0 Å². The van der Waals surface area contributed by atoms with Gasteiger partial charge in [-0.25, -0.2) is 19.1 Å². The molecule has 0 aliphatic carbocycles. The van der Waals surface area contributed by atoms with E-state index in [1.807, 2.05) is 0 Å². The standard InChI is InChI=1S/C27H24ClF3N4O5S/c1-17-21(32-11-10-23(17)40-16-27(29,30)31)15-41(38)25-33-20-8-3-4-9-22(20)35(25)26(37)34(2)12-13-39-24(36)18-6-5-7-19(28)14-18/h3-11,14H,12-13,15-16H2,1-2H3. The predicted octanol–water partition coefficient (Wildman–Crippen LogP) is 5.40. The van der Waals surface area contributed by atoms with E-state index >= 15 is 0 Å². The van der Waals surface area contributed by atoms with E-state index < -0.39 is 35.6 Å². The fraction of sp³-hybridized carbons (Fsp3) is 0.259. The zero-order chi connectivity index (χ0) is 29.7. The number of amides is 1. The van der Waals surface area contributed by atoms with E-state index in [4.69, 9.17) is 21.1 Å². The number of para-hydroxylation sites is 2. The fourth-order valence-electron chi connectivity index (χ4n) is 3.79. The van der Waals surface area contributed by atoms with E-state index in [9.17, 15) is 27.0 Å². The number of likely N-dealkylation sites (N-methyl/N-ethyl adjacent to an activating group) is 1. The molecule has 4 aromatic rings. The number of imidazole rings is 1. The number of hydrogen-bond acceptors (Lipinski definition) is 7. The van der Waals surface area contributed by atoms with Gasteiger partial charge in [-0.15, -0.1) is 0 Å². The maximum absolute atomic E-state index is 13.5. The Morgan fingerprint density at radius 1 is 1.12 bits per heavy atom. The molecule has 2 aromatic heterocycles. The summed E-state index contributed by atoms with van der Waals surface area (Å²) in [5.74, 6) is -0.874. The quantitative estimate of drug-likeness (QED) is 0.234. The maximum atomic E-state index is 13.5. The number of rotatable bonds is 9. The molecule has 0 fully saturated rings. The number of alkyl halides is 3. The lowest BCUT2D eigenvalue weighted by molar-refractivity contribution is -0.153. The molecule has 0 spiro atoms. The van der Waals surface area contributed by atoms with Gasteiger partial charge in [-0.2, -0.15) is 13.2 Å². The Bertz CT molecular complexity index is 1610. The van der Waals surface area contributed by atoms with Gasteiger partial charge in [0.15, 0.2) is 6.61 Å². The summed E-state index contributed by atoms with van der Waals surface area (Å²) in [5.41, 5.74) is 1.60. The van der Waals surface area contributed by atoms with E-state index in [0.717, 1.165) is 0 Å². The molecule has 0 aliphatic heterocycles. The van der Waals surface area contributed by atoms with Crippen molar-refractivity contribution in [1.82, 2.24) is 19.4 Å². The molecule has 0 N–H and O–H groups in total. The van der Waals surface area contributed by atoms with Crippen LogP contribution in [0.25, 0.3) is 11.0 Å². The minimum absolute atomic E-state index is 0.0168. The van der Waals surface area contributed by atoms with Gasteiger partial charge in [0.2, 0.25) is 5.16 Å². The van der Waals surface area contributed by atoms with Crippen LogP contribution < -0.4 is 4.74 Å². The number of carbonyl (C=O) groups is 2. The Morgan fingerprint density at radius 3 is 2.61 bits per heavy atom. The number of pyridine rings is 1. The summed E-state index contributed by atoms with van der Waals surface area (Å²) in [6.07, 6.45) is -3.26. The van der Waals surface area contributed by atoms with Gasteiger partial charge in [0, 0.05) is 23.8 Å². The van der Waals surface area contributed by atoms with Gasteiger partial charge in [0.05, 0.1) is 45.4 Å². The van der Waals surface area contributed by atoms with Gasteiger partial charge < -0.3 is 14.4 Å². The third kappa shape index (κ3) is 7.41. The number of hydrogen-bond donors (Lipinski definition) is 0. The molecule has 1 unspecified atom stereocenters. The van der Waals surface area contributed by atoms with Gasteiger partial charge in [-0.3, -0.25) is 9.19 Å². The second-order valence-electron chi connectivity index (χ2n) is 8.84. The highest BCUT2D eigenvalue weighted by atomic mass is 35.5. The molecular weight excluding hydrogens is 585 g/mol. The number of carbonyl (C=O) groups excluding carboxylic acids is 2. The van der Waals surface area contributed by atoms with E-state index in [0.29, 0.717) is 16.1 Å². The van der Waals surface area contributed by atoms with Crippen molar-refractivity contribution in [2.75, 3.05) is 26.8 Å². The summed E-state index contributed by atoms with van der Waals surface area (Å²) in [6.45, 7) is -0.0707. The zero-order valence-electron chi connectivity index (χ0n) is 21.9. The summed E-state index contributed by atoms with van der Waals surface area (Å²) in [4.78, 5) is 35.6. The third-order valence-electron chi connectivity index (χ3n) is 5.89. The van der Waals surface area contributed by atoms with Crippen molar-refractivity contribution in [2.45, 2.75) is 24.0 Å². The van der Waals surface area contributed by atoms with Crippen LogP contribution in [0.2, 0.25) is 5.02 Å². The average Bonchev–Trinajstić information content (AvgIpc) is 3.32. The Hall–Kier alpha value is -3.97. The lowest BCUT2D eigenvalue weighted by Crippen LogP contribution is -2.35. The Balaban J connectivity index is 1.52. The van der Waals surface area contributed by atoms with Crippen molar-refractivity contribution < 1.29 is 36.4 Å². The van der Waals surface area contributed by atoms with E-state index in [1.54, 1.807) is 42.5 Å². The van der Waals surface area contributed by atoms with Crippen molar-refractivity contribution >= 4 is 45.4 Å². The minimum Gasteiger partial charge on any atom is -0.484 e. The molecule has 41 heavy (non-hydrogen) atoms. The maximum Gasteiger partial charge on any atom is 0.422 e. The van der Waals surface area contributed by atoms with Crippen molar-refractivity contribution in [3.8, 4) is 5.75 Å². The monoisotopic (exact) mass is 608 g/mol. The second kappa shape index (κ2) is 12.7. The molecule has 0 aliphatic rings. The molecule has 216 valence electrons. The first kappa shape index (κ1) is 30.0. The van der Waals surface area contributed by atoms with Crippen LogP contribution in [-0.4, -0.2) is 68.6 Å². The fourth-order valence-corrected chi connectivity index (χ4v) is 5.23. The Kier molecular flexibility index (Phi) is 9.28. The van der Waals surface area contributed by atoms with Crippen LogP contribution in [0.4, 0.5) is 18.0 Å². The Labute approximate surface area is 240 Å². The van der Waals surface area contributed by atoms with E-state index in [-0.39, 0.29) is 46.6 Å². The number of halogens is 4. The predicted molar refractivity (Wildman–Crippen MR) is 146 cm³/mol. The second-order valence-corrected chi connectivity index (χ2v) is 10.6. The normalized spacial score (nSPS) is 12.2. The SMILES string of the molecule is Cc1c(OCC(F)(F)F)ccnc1CS(=O)c1nc2ccccc2n1C(=O)N(C)CCOC(=O)c1cccc(Cl)c1. The minimum atomic E-state index is -4.52. The molecule has 0 radical (unpaired) electrons. The number of ether oxygens (including phenoxy) is 2. The number of nitrogens with zero attached hydrogens (tertiary/aromatic N) is 4. The number of esters is 1. The number of benzene rings is 2. The lowest BCUT2D eigenvalue weighted by Gasteiger charge is -2.19. The van der Waals surface area contributed by atoms with E-state index in [2.05, 4.69) is 9.97 Å². The molecule has 2 aromatic carbocycles. The number of aromatic nitrogens is 3. The van der Waals surface area contributed by atoms with Crippen molar-refractivity contribution in [3.63, 3.8) is 0 Å². The molecule has 1 atom stereocenters. The molecule has 0 bridgehead atoms. The number of fused-ring (bicyclic) bond motifs is 1. The Morgan fingerprint density at radius 2 is 1.88 bits per heavy atom. The molecule has 4 rings (SSSR count). The summed E-state index contributed by atoms with van der Waals surface area (Å²) < 4.78 is 62.8. The van der Waals surface area contributed by atoms with Crippen LogP contribution in [0.15, 0.2) is 66.0 Å². The van der Waals surface area contributed by atoms with Crippen LogP contribution in [0.1, 0.15) is 21.6 Å². The largest absolute Gasteiger partial charge is 0.484 e. The summed E-state index contributed by atoms with van der Waals surface area (Å²) in [7, 11) is -0.439. The van der Waals surface area contributed by atoms with Gasteiger partial charge in [-0.05, 0) is 43.3 Å². The average molecular weight is 609 g/mol. The van der Waals surface area contributed by atoms with Crippen LogP contribution in [-0.2, 0) is 21.3 Å². The molecule has 0 saturated heterocycles. The van der Waals surface area contributed by atoms with Gasteiger partial charge in [0.1, 0.15) is 12.4 Å². The van der Waals surface area contributed by atoms with Crippen LogP contribution in [0, 0.1) is 6.92 Å². The van der Waals surface area contributed by atoms with Crippen LogP contribution in [0.5, 0.6) is 5.75 Å². The molecule has 2 heterocycles. The first-order valence-electron chi connectivity index (χ1n) is 12.1. The lowest BCUT2D eigenvalue weighted by atomic mass is 10.2. The van der Waals surface area contributed by atoms with Gasteiger partial charge in [-0.1, -0.05) is 29.8 Å². The van der Waals surface area contributed by atoms with Crippen molar-refractivity contribution in [3.05, 3.63) is 82.6 Å². The highest BCUT2D eigenvalue weighted by molar-refractivity contribution is 7.84. The van der Waals surface area contributed by atoms with Crippen LogP contribution >= 0.6 is 11.6 Å². The summed E-state index contributed by atoms with van der Waals surface area (Å²) in [5, 5.41) is 0.312. The first-order chi connectivity index (χ1) is 19.4. The van der Waals surface area contributed by atoms with Crippen molar-refractivity contribution in [2.24, 2.45) is 0 Å². The molecule has 1 amide bonds. The zero-order valence-corrected chi connectivity index (χ0v) is 23.4. The molecule has 9 nitrogen and oxygen atoms in total. The highest BCUT2D eigenvalue weighted by Gasteiger charge is 2.29. The molecular formula is C27H24ClF3N4O5S. The van der Waals surface area contributed by atoms with Gasteiger partial charge in [0.25, 0.3) is 0 Å². The smallest absolute Gasteiger partial charge is 0.422 e. The highest BCUT2D eigenvalue weighted by Crippen LogP contribution is 2.26. The van der Waals surface area contributed by atoms with Crippen molar-refractivity contribution in [1.29, 1.82) is 0 Å². The topological polar surface area (TPSA) is 104 Å². The molecule has 14 heteroatoms. The summed E-state index contributed by atoms with van der Waals surface area (Å²) in [6, 6.07) is 13.7. The van der Waals surface area contributed by atoms with E-state index in [1.165, 1.54) is 41.8 Å². The molecule has 0 saturated carbocycles. The summed E-state index contributed by atoms with van der Waals surface area (Å²) >= 11 is 5.91. The first-order valence-corrected chi connectivity index (χ1v) is 13.8.